The average molecular weight is 206 g/mol. The van der Waals surface area contributed by atoms with Crippen molar-refractivity contribution < 1.29 is 19.4 Å². The fourth-order valence-corrected chi connectivity index (χ4v) is 0.579. The van der Waals surface area contributed by atoms with Crippen molar-refractivity contribution in [3.8, 4) is 0 Å². The van der Waals surface area contributed by atoms with E-state index in [-0.39, 0.29) is 6.10 Å². The first-order valence-electron chi connectivity index (χ1n) is 4.94. The van der Waals surface area contributed by atoms with Gasteiger partial charge in [-0.15, -0.1) is 0 Å². The van der Waals surface area contributed by atoms with Gasteiger partial charge in [0.25, 0.3) is 0 Å². The second kappa shape index (κ2) is 5.07. The molecule has 0 aromatic carbocycles. The van der Waals surface area contributed by atoms with Gasteiger partial charge in [-0.2, -0.15) is 0 Å². The molecule has 0 saturated carbocycles. The third-order valence-corrected chi connectivity index (χ3v) is 2.05. The Morgan fingerprint density at radius 2 is 1.79 bits per heavy atom. The van der Waals surface area contributed by atoms with Crippen LogP contribution in [0.2, 0.25) is 0 Å². The van der Waals surface area contributed by atoms with E-state index in [1.807, 2.05) is 0 Å². The summed E-state index contributed by atoms with van der Waals surface area (Å²) in [5.41, 5.74) is -0.864. The van der Waals surface area contributed by atoms with Crippen LogP contribution in [0, 0.1) is 0 Å². The Balaban J connectivity index is 3.56. The molecule has 0 amide bonds. The number of aliphatic hydroxyl groups is 1. The fraction of sp³-hybridized carbons (Fsp3) is 1.00. The largest absolute Gasteiger partial charge is 0.388 e. The first-order chi connectivity index (χ1) is 6.13. The standard InChI is InChI=1S/C10H24NO3/c1-9(10(2,3)12)14-13-8-7-11(4,5)6/h9,12H,7-8H2,1-6H3/q+1. The van der Waals surface area contributed by atoms with Gasteiger partial charge in [-0.3, -0.25) is 0 Å². The van der Waals surface area contributed by atoms with E-state index >= 15 is 0 Å². The number of quaternary nitrogens is 1. The highest BCUT2D eigenvalue weighted by Gasteiger charge is 2.24. The van der Waals surface area contributed by atoms with Gasteiger partial charge in [0.15, 0.2) is 0 Å². The monoisotopic (exact) mass is 206 g/mol. The Kier molecular flexibility index (Phi) is 5.01. The fourth-order valence-electron chi connectivity index (χ4n) is 0.579. The minimum Gasteiger partial charge on any atom is -0.388 e. The molecule has 1 atom stereocenters. The summed E-state index contributed by atoms with van der Waals surface area (Å²) in [6, 6.07) is 0. The zero-order chi connectivity index (χ0) is 11.4. The molecule has 0 bridgehead atoms. The molecule has 0 radical (unpaired) electrons. The van der Waals surface area contributed by atoms with Crippen molar-refractivity contribution >= 4 is 0 Å². The molecule has 4 nitrogen and oxygen atoms in total. The predicted molar refractivity (Wildman–Crippen MR) is 55.7 cm³/mol. The Hall–Kier alpha value is -0.160. The van der Waals surface area contributed by atoms with Gasteiger partial charge in [-0.25, -0.2) is 9.78 Å². The molecule has 0 heterocycles. The van der Waals surface area contributed by atoms with Gasteiger partial charge < -0.3 is 9.59 Å². The van der Waals surface area contributed by atoms with Gasteiger partial charge in [-0.05, 0) is 20.8 Å². The molecule has 0 spiro atoms. The number of hydrogen-bond acceptors (Lipinski definition) is 3. The number of hydrogen-bond donors (Lipinski definition) is 1. The second-order valence-electron chi connectivity index (χ2n) is 5.23. The summed E-state index contributed by atoms with van der Waals surface area (Å²) in [6.07, 6.45) is -0.324. The van der Waals surface area contributed by atoms with Crippen molar-refractivity contribution in [2.75, 3.05) is 34.3 Å². The third-order valence-electron chi connectivity index (χ3n) is 2.05. The van der Waals surface area contributed by atoms with Crippen molar-refractivity contribution in [2.45, 2.75) is 32.5 Å². The maximum Gasteiger partial charge on any atom is 0.131 e. The van der Waals surface area contributed by atoms with Crippen molar-refractivity contribution in [3.05, 3.63) is 0 Å². The van der Waals surface area contributed by atoms with Crippen LogP contribution in [0.5, 0.6) is 0 Å². The lowest BCUT2D eigenvalue weighted by Crippen LogP contribution is -2.39. The molecular formula is C10H24NO3+. The third kappa shape index (κ3) is 7.26. The SMILES string of the molecule is CC(OOCC[N+](C)(C)C)C(C)(C)O. The van der Waals surface area contributed by atoms with Crippen LogP contribution in [0.25, 0.3) is 0 Å². The molecule has 0 fully saturated rings. The van der Waals surface area contributed by atoms with Crippen LogP contribution in [0.4, 0.5) is 0 Å². The van der Waals surface area contributed by atoms with E-state index < -0.39 is 5.60 Å². The van der Waals surface area contributed by atoms with Crippen LogP contribution >= 0.6 is 0 Å². The highest BCUT2D eigenvalue weighted by molar-refractivity contribution is 4.71. The van der Waals surface area contributed by atoms with Gasteiger partial charge >= 0.3 is 0 Å². The molecule has 0 saturated heterocycles. The number of rotatable bonds is 6. The molecule has 1 N–H and O–H groups in total. The van der Waals surface area contributed by atoms with Crippen LogP contribution in [0.15, 0.2) is 0 Å². The van der Waals surface area contributed by atoms with Gasteiger partial charge in [0.2, 0.25) is 0 Å². The zero-order valence-corrected chi connectivity index (χ0v) is 10.2. The first kappa shape index (κ1) is 13.8. The lowest BCUT2D eigenvalue weighted by molar-refractivity contribution is -0.871. The van der Waals surface area contributed by atoms with Gasteiger partial charge in [-0.1, -0.05) is 0 Å². The highest BCUT2D eigenvalue weighted by atomic mass is 17.2. The van der Waals surface area contributed by atoms with E-state index in [9.17, 15) is 5.11 Å². The lowest BCUT2D eigenvalue weighted by atomic mass is 10.0. The van der Waals surface area contributed by atoms with E-state index in [1.54, 1.807) is 20.8 Å². The van der Waals surface area contributed by atoms with E-state index in [0.717, 1.165) is 11.0 Å². The summed E-state index contributed by atoms with van der Waals surface area (Å²) < 4.78 is 0.834. The maximum absolute atomic E-state index is 9.54. The molecule has 0 aliphatic carbocycles. The van der Waals surface area contributed by atoms with E-state index in [2.05, 4.69) is 21.1 Å². The summed E-state index contributed by atoms with van der Waals surface area (Å²) in [5, 5.41) is 9.54. The average Bonchev–Trinajstić information content (AvgIpc) is 1.93. The van der Waals surface area contributed by atoms with E-state index in [4.69, 9.17) is 9.78 Å². The van der Waals surface area contributed by atoms with Gasteiger partial charge in [0.05, 0.1) is 26.7 Å². The number of nitrogens with zero attached hydrogens (tertiary/aromatic N) is 1. The summed E-state index contributed by atoms with van der Waals surface area (Å²) in [7, 11) is 6.26. The van der Waals surface area contributed by atoms with Gasteiger partial charge in [0, 0.05) is 0 Å². The van der Waals surface area contributed by atoms with Crippen molar-refractivity contribution in [1.29, 1.82) is 0 Å². The molecule has 0 aromatic rings. The Bertz CT molecular complexity index is 158. The minimum atomic E-state index is -0.864. The van der Waals surface area contributed by atoms with Crippen LogP contribution in [0.1, 0.15) is 20.8 Å². The highest BCUT2D eigenvalue weighted by Crippen LogP contribution is 2.11. The lowest BCUT2D eigenvalue weighted by Gasteiger charge is -2.26. The molecule has 0 aliphatic rings. The van der Waals surface area contributed by atoms with Gasteiger partial charge in [0.1, 0.15) is 19.3 Å². The van der Waals surface area contributed by atoms with Crippen LogP contribution < -0.4 is 0 Å². The van der Waals surface area contributed by atoms with Crippen molar-refractivity contribution in [1.82, 2.24) is 0 Å². The molecule has 0 rings (SSSR count). The topological polar surface area (TPSA) is 38.7 Å². The predicted octanol–water partition coefficient (Wildman–Crippen LogP) is 0.800. The molecule has 86 valence electrons. The quantitative estimate of drug-likeness (QED) is 0.302. The van der Waals surface area contributed by atoms with Crippen LogP contribution in [-0.2, 0) is 9.78 Å². The van der Waals surface area contributed by atoms with E-state index in [1.165, 1.54) is 0 Å². The number of likely N-dealkylation sites (N-methyl/N-ethyl adjacent to an activating group) is 1. The summed E-state index contributed by atoms with van der Waals surface area (Å²) in [4.78, 5) is 10.1. The summed E-state index contributed by atoms with van der Waals surface area (Å²) >= 11 is 0. The van der Waals surface area contributed by atoms with Crippen molar-refractivity contribution in [3.63, 3.8) is 0 Å². The van der Waals surface area contributed by atoms with E-state index in [0.29, 0.717) is 6.61 Å². The second-order valence-corrected chi connectivity index (χ2v) is 5.23. The Morgan fingerprint density at radius 1 is 1.29 bits per heavy atom. The van der Waals surface area contributed by atoms with Crippen molar-refractivity contribution in [2.24, 2.45) is 0 Å². The molecule has 0 aromatic heterocycles. The first-order valence-corrected chi connectivity index (χ1v) is 4.94. The maximum atomic E-state index is 9.54. The molecule has 4 heteroatoms. The normalized spacial score (nSPS) is 15.6. The van der Waals surface area contributed by atoms with Crippen LogP contribution in [0.3, 0.4) is 0 Å². The molecule has 14 heavy (non-hydrogen) atoms. The molecular weight excluding hydrogens is 182 g/mol. The Labute approximate surface area is 86.9 Å². The molecule has 1 unspecified atom stereocenters. The summed E-state index contributed by atoms with van der Waals surface area (Å²) in [5.74, 6) is 0. The van der Waals surface area contributed by atoms with Crippen LogP contribution in [-0.4, -0.2) is 55.6 Å². The summed E-state index contributed by atoms with van der Waals surface area (Å²) in [6.45, 7) is 6.58. The molecule has 0 aliphatic heterocycles. The Morgan fingerprint density at radius 3 is 2.14 bits per heavy atom. The zero-order valence-electron chi connectivity index (χ0n) is 10.2. The smallest absolute Gasteiger partial charge is 0.131 e. The minimum absolute atomic E-state index is 0.324.